The third-order valence-corrected chi connectivity index (χ3v) is 5.41. The smallest absolute Gasteiger partial charge is 0.251 e. The normalized spacial score (nSPS) is 11.0. The first-order valence-corrected chi connectivity index (χ1v) is 10.2. The Morgan fingerprint density at radius 2 is 1.90 bits per heavy atom. The number of aromatic nitrogens is 2. The lowest BCUT2D eigenvalue weighted by Crippen LogP contribution is -2.14. The summed E-state index contributed by atoms with van der Waals surface area (Å²) in [6.45, 7) is 4.91. The number of nitrogens with two attached hydrogens (primary N) is 1. The average molecular weight is 392 g/mol. The number of amides is 1. The molecule has 0 atom stereocenters. The van der Waals surface area contributed by atoms with E-state index in [4.69, 9.17) is 5.73 Å². The quantitative estimate of drug-likeness (QED) is 0.522. The zero-order valence-electron chi connectivity index (χ0n) is 17.2. The zero-order chi connectivity index (χ0) is 20.8. The third-order valence-electron chi connectivity index (χ3n) is 5.41. The summed E-state index contributed by atoms with van der Waals surface area (Å²) in [6, 6.07) is 11.1. The molecule has 0 radical (unpaired) electrons. The number of nitrogens with zero attached hydrogens (tertiary/aromatic N) is 2. The molecule has 29 heavy (non-hydrogen) atoms. The molecular formula is C24H29N3O2. The van der Waals surface area contributed by atoms with Gasteiger partial charge in [0.05, 0.1) is 5.56 Å². The molecule has 5 nitrogen and oxygen atoms in total. The summed E-state index contributed by atoms with van der Waals surface area (Å²) in [6.07, 6.45) is 8.57. The maximum atomic E-state index is 12.4. The minimum Gasteiger partial charge on any atom is -0.508 e. The van der Waals surface area contributed by atoms with E-state index >= 15 is 0 Å². The Morgan fingerprint density at radius 3 is 2.52 bits per heavy atom. The Hall–Kier alpha value is -3.08. The molecule has 1 aromatic carbocycles. The molecule has 152 valence electrons. The number of primary amides is 1. The van der Waals surface area contributed by atoms with Crippen LogP contribution in [0.5, 0.6) is 5.75 Å². The van der Waals surface area contributed by atoms with E-state index in [0.717, 1.165) is 66.7 Å². The van der Waals surface area contributed by atoms with Gasteiger partial charge in [-0.25, -0.2) is 0 Å². The fourth-order valence-corrected chi connectivity index (χ4v) is 3.93. The molecule has 0 bridgehead atoms. The number of phenols is 1. The van der Waals surface area contributed by atoms with Gasteiger partial charge in [-0.05, 0) is 49.9 Å². The average Bonchev–Trinajstić information content (AvgIpc) is 3.00. The molecule has 2 heterocycles. The molecule has 3 aromatic rings. The highest BCUT2D eigenvalue weighted by molar-refractivity contribution is 6.02. The van der Waals surface area contributed by atoms with Crippen molar-refractivity contribution in [3.8, 4) is 16.9 Å². The highest BCUT2D eigenvalue weighted by Gasteiger charge is 2.24. The number of aryl methyl sites for hydroxylation is 1. The number of pyridine rings is 1. The maximum Gasteiger partial charge on any atom is 0.251 e. The molecule has 0 fully saturated rings. The highest BCUT2D eigenvalue weighted by Crippen LogP contribution is 2.33. The van der Waals surface area contributed by atoms with Crippen LogP contribution in [-0.2, 0) is 19.4 Å². The first kappa shape index (κ1) is 20.6. The van der Waals surface area contributed by atoms with Gasteiger partial charge in [-0.2, -0.15) is 0 Å². The molecule has 0 aliphatic rings. The summed E-state index contributed by atoms with van der Waals surface area (Å²) < 4.78 is 2.24. The first-order chi connectivity index (χ1) is 14.0. The summed E-state index contributed by atoms with van der Waals surface area (Å²) in [5.74, 6) is -0.137. The Kier molecular flexibility index (Phi) is 6.70. The first-order valence-electron chi connectivity index (χ1n) is 10.2. The van der Waals surface area contributed by atoms with Crippen molar-refractivity contribution in [1.82, 2.24) is 9.55 Å². The number of hydrogen-bond donors (Lipinski definition) is 2. The molecule has 0 aliphatic carbocycles. The van der Waals surface area contributed by atoms with Gasteiger partial charge >= 0.3 is 0 Å². The second-order valence-electron chi connectivity index (χ2n) is 7.41. The largest absolute Gasteiger partial charge is 0.508 e. The number of hydrogen-bond acceptors (Lipinski definition) is 3. The van der Waals surface area contributed by atoms with E-state index in [-0.39, 0.29) is 5.75 Å². The van der Waals surface area contributed by atoms with Crippen LogP contribution in [0.25, 0.3) is 11.1 Å². The van der Waals surface area contributed by atoms with Gasteiger partial charge in [0.1, 0.15) is 5.75 Å². The molecule has 5 heteroatoms. The van der Waals surface area contributed by atoms with Crippen LogP contribution in [0.3, 0.4) is 0 Å². The van der Waals surface area contributed by atoms with Crippen molar-refractivity contribution in [3.63, 3.8) is 0 Å². The lowest BCUT2D eigenvalue weighted by molar-refractivity contribution is 0.1000. The van der Waals surface area contributed by atoms with E-state index in [1.807, 2.05) is 31.2 Å². The van der Waals surface area contributed by atoms with Gasteiger partial charge in [0.2, 0.25) is 0 Å². The van der Waals surface area contributed by atoms with Crippen molar-refractivity contribution in [2.24, 2.45) is 5.73 Å². The number of unbranched alkanes of at least 4 members (excludes halogenated alkanes) is 2. The number of rotatable bonds is 9. The van der Waals surface area contributed by atoms with E-state index in [2.05, 4.69) is 16.5 Å². The summed E-state index contributed by atoms with van der Waals surface area (Å²) >= 11 is 0. The van der Waals surface area contributed by atoms with Gasteiger partial charge in [-0.1, -0.05) is 38.0 Å². The molecule has 0 unspecified atom stereocenters. The second kappa shape index (κ2) is 9.41. The monoisotopic (exact) mass is 391 g/mol. The van der Waals surface area contributed by atoms with E-state index in [9.17, 15) is 9.90 Å². The van der Waals surface area contributed by atoms with E-state index in [0.29, 0.717) is 5.56 Å². The summed E-state index contributed by atoms with van der Waals surface area (Å²) in [7, 11) is 0. The Bertz CT molecular complexity index is 960. The van der Waals surface area contributed by atoms with Gasteiger partial charge in [-0.15, -0.1) is 0 Å². The summed E-state index contributed by atoms with van der Waals surface area (Å²) in [5, 5.41) is 9.51. The molecule has 0 saturated carbocycles. The van der Waals surface area contributed by atoms with E-state index in [1.54, 1.807) is 24.5 Å². The van der Waals surface area contributed by atoms with Crippen LogP contribution in [0.1, 0.15) is 53.5 Å². The second-order valence-corrected chi connectivity index (χ2v) is 7.41. The standard InChI is InChI=1S/C24H29N3O2/c1-3-4-5-8-21-23(19-7-6-14-26-16-19)22(24(25)29)17(2)27(21)15-13-18-9-11-20(28)12-10-18/h6-7,9-12,14,16,28H,3-5,8,13,15H2,1-2H3,(H2,25,29). The van der Waals surface area contributed by atoms with Gasteiger partial charge in [0.25, 0.3) is 5.91 Å². The Labute approximate surface area is 172 Å². The molecule has 2 aromatic heterocycles. The van der Waals surface area contributed by atoms with Crippen molar-refractivity contribution in [2.75, 3.05) is 0 Å². The van der Waals surface area contributed by atoms with Gasteiger partial charge in [0, 0.05) is 41.5 Å². The molecule has 0 spiro atoms. The number of phenolic OH excluding ortho intramolecular Hbond substituents is 1. The van der Waals surface area contributed by atoms with E-state index in [1.165, 1.54) is 0 Å². The molecule has 3 rings (SSSR count). The van der Waals surface area contributed by atoms with Crippen molar-refractivity contribution in [1.29, 1.82) is 0 Å². The predicted octanol–water partition coefficient (Wildman–Crippen LogP) is 4.64. The van der Waals surface area contributed by atoms with Crippen molar-refractivity contribution in [3.05, 3.63) is 71.3 Å². The number of carbonyl (C=O) groups excluding carboxylic acids is 1. The minimum atomic E-state index is -0.401. The molecule has 3 N–H and O–H groups in total. The topological polar surface area (TPSA) is 81.1 Å². The molecule has 1 amide bonds. The van der Waals surface area contributed by atoms with Crippen LogP contribution in [0, 0.1) is 6.92 Å². The fourth-order valence-electron chi connectivity index (χ4n) is 3.93. The van der Waals surface area contributed by atoms with E-state index < -0.39 is 5.91 Å². The number of aromatic hydroxyl groups is 1. The van der Waals surface area contributed by atoms with Crippen molar-refractivity contribution in [2.45, 2.75) is 52.5 Å². The van der Waals surface area contributed by atoms with Gasteiger partial charge < -0.3 is 15.4 Å². The van der Waals surface area contributed by atoms with Gasteiger partial charge in [-0.3, -0.25) is 9.78 Å². The number of carbonyl (C=O) groups is 1. The van der Waals surface area contributed by atoms with Crippen molar-refractivity contribution < 1.29 is 9.90 Å². The van der Waals surface area contributed by atoms with Crippen LogP contribution in [0.4, 0.5) is 0 Å². The zero-order valence-corrected chi connectivity index (χ0v) is 17.2. The SMILES string of the molecule is CCCCCc1c(-c2cccnc2)c(C(N)=O)c(C)n1CCc1ccc(O)cc1. The van der Waals surface area contributed by atoms with Crippen LogP contribution >= 0.6 is 0 Å². The fraction of sp³-hybridized carbons (Fsp3) is 0.333. The van der Waals surface area contributed by atoms with Crippen LogP contribution < -0.4 is 5.73 Å². The minimum absolute atomic E-state index is 0.265. The Morgan fingerprint density at radius 1 is 1.14 bits per heavy atom. The third kappa shape index (κ3) is 4.67. The maximum absolute atomic E-state index is 12.4. The summed E-state index contributed by atoms with van der Waals surface area (Å²) in [5.41, 5.74) is 11.4. The summed E-state index contributed by atoms with van der Waals surface area (Å²) in [4.78, 5) is 16.6. The highest BCUT2D eigenvalue weighted by atomic mass is 16.3. The lowest BCUT2D eigenvalue weighted by Gasteiger charge is -2.13. The Balaban J connectivity index is 2.05. The van der Waals surface area contributed by atoms with Crippen LogP contribution in [-0.4, -0.2) is 20.6 Å². The number of benzene rings is 1. The lowest BCUT2D eigenvalue weighted by atomic mass is 9.98. The van der Waals surface area contributed by atoms with Crippen LogP contribution in [0.2, 0.25) is 0 Å². The molecule has 0 saturated heterocycles. The molecular weight excluding hydrogens is 362 g/mol. The van der Waals surface area contributed by atoms with Crippen LogP contribution in [0.15, 0.2) is 48.8 Å². The predicted molar refractivity (Wildman–Crippen MR) is 116 cm³/mol. The van der Waals surface area contributed by atoms with Gasteiger partial charge in [0.15, 0.2) is 0 Å². The molecule has 0 aliphatic heterocycles. The van der Waals surface area contributed by atoms with Crippen molar-refractivity contribution >= 4 is 5.91 Å².